The fourth-order valence-corrected chi connectivity index (χ4v) is 3.16. The van der Waals surface area contributed by atoms with Crippen molar-refractivity contribution in [3.63, 3.8) is 0 Å². The Morgan fingerprint density at radius 1 is 1.28 bits per heavy atom. The van der Waals surface area contributed by atoms with Crippen LogP contribution in [0.25, 0.3) is 23.0 Å². The van der Waals surface area contributed by atoms with Crippen molar-refractivity contribution in [1.82, 2.24) is 25.2 Å². The Morgan fingerprint density at radius 2 is 2.14 bits per heavy atom. The minimum absolute atomic E-state index is 0. The minimum atomic E-state index is -2.94. The zero-order valence-corrected chi connectivity index (χ0v) is 16.4. The number of nitrogens with zero attached hydrogens (tertiary/aromatic N) is 4. The Balaban J connectivity index is 0.00000240. The molecule has 2 aromatic heterocycles. The van der Waals surface area contributed by atoms with E-state index in [1.54, 1.807) is 6.07 Å². The van der Waals surface area contributed by atoms with E-state index in [1.165, 1.54) is 19.2 Å². The average molecular weight is 428 g/mol. The second-order valence-corrected chi connectivity index (χ2v) is 6.35. The molecule has 4 rings (SSSR count). The molecule has 1 atom stereocenters. The van der Waals surface area contributed by atoms with Crippen LogP contribution in [0.1, 0.15) is 18.9 Å². The Morgan fingerprint density at radius 3 is 2.86 bits per heavy atom. The molecule has 3 aromatic rings. The maximum Gasteiger partial charge on any atom is 0.387 e. The van der Waals surface area contributed by atoms with Crippen LogP contribution >= 0.6 is 12.4 Å². The van der Waals surface area contributed by atoms with Gasteiger partial charge in [0.05, 0.1) is 13.2 Å². The largest absolute Gasteiger partial charge is 0.493 e. The molecule has 1 fully saturated rings. The third kappa shape index (κ3) is 4.65. The van der Waals surface area contributed by atoms with Crippen molar-refractivity contribution in [2.24, 2.45) is 0 Å². The fraction of sp³-hybridized carbons (Fsp3) is 0.389. The normalized spacial score (nSPS) is 16.5. The summed E-state index contributed by atoms with van der Waals surface area (Å²) in [5, 5.41) is 11.9. The predicted molar refractivity (Wildman–Crippen MR) is 103 cm³/mol. The Kier molecular flexibility index (Phi) is 6.65. The van der Waals surface area contributed by atoms with Crippen LogP contribution in [-0.2, 0) is 0 Å². The van der Waals surface area contributed by atoms with Gasteiger partial charge in [0.2, 0.25) is 5.82 Å². The standard InChI is InChI=1S/C18H19F2N5O3.ClH/c1-26-15-9-11(4-5-14(15)27-18(19)20)16-22-17(28-24-16)13-6-8-25(23-13)12-3-2-7-21-10-12;/h4-6,8-9,12,18,21H,2-3,7,10H2,1H3;1H. The van der Waals surface area contributed by atoms with Gasteiger partial charge in [-0.3, -0.25) is 4.68 Å². The van der Waals surface area contributed by atoms with Gasteiger partial charge >= 0.3 is 6.61 Å². The van der Waals surface area contributed by atoms with Crippen molar-refractivity contribution >= 4 is 12.4 Å². The predicted octanol–water partition coefficient (Wildman–Crippen LogP) is 3.56. The summed E-state index contributed by atoms with van der Waals surface area (Å²) in [4.78, 5) is 4.36. The summed E-state index contributed by atoms with van der Waals surface area (Å²) in [5.41, 5.74) is 1.12. The highest BCUT2D eigenvalue weighted by Crippen LogP contribution is 2.33. The Hall–Kier alpha value is -2.72. The van der Waals surface area contributed by atoms with E-state index in [2.05, 4.69) is 25.3 Å². The third-order valence-electron chi connectivity index (χ3n) is 4.54. The van der Waals surface area contributed by atoms with Gasteiger partial charge in [-0.05, 0) is 43.7 Å². The summed E-state index contributed by atoms with van der Waals surface area (Å²) >= 11 is 0. The van der Waals surface area contributed by atoms with E-state index in [4.69, 9.17) is 9.26 Å². The Bertz CT molecular complexity index is 943. The number of nitrogens with one attached hydrogen (secondary N) is 1. The number of halogens is 3. The van der Waals surface area contributed by atoms with E-state index >= 15 is 0 Å². The van der Waals surface area contributed by atoms with Gasteiger partial charge in [0.15, 0.2) is 17.2 Å². The van der Waals surface area contributed by atoms with E-state index in [-0.39, 0.29) is 29.8 Å². The molecule has 1 unspecified atom stereocenters. The van der Waals surface area contributed by atoms with E-state index in [0.29, 0.717) is 23.1 Å². The van der Waals surface area contributed by atoms with Crippen LogP contribution in [0.5, 0.6) is 11.5 Å². The fourth-order valence-electron chi connectivity index (χ4n) is 3.16. The molecule has 1 saturated heterocycles. The summed E-state index contributed by atoms with van der Waals surface area (Å²) in [7, 11) is 1.37. The number of piperidine rings is 1. The third-order valence-corrected chi connectivity index (χ3v) is 4.54. The van der Waals surface area contributed by atoms with Crippen molar-refractivity contribution in [3.05, 3.63) is 30.5 Å². The van der Waals surface area contributed by atoms with Gasteiger partial charge < -0.3 is 19.3 Å². The average Bonchev–Trinajstić information content (AvgIpc) is 3.38. The zero-order valence-electron chi connectivity index (χ0n) is 15.5. The number of hydrogen-bond acceptors (Lipinski definition) is 7. The highest BCUT2D eigenvalue weighted by atomic mass is 35.5. The number of ether oxygens (including phenoxy) is 2. The van der Waals surface area contributed by atoms with Crippen LogP contribution in [0.2, 0.25) is 0 Å². The van der Waals surface area contributed by atoms with Gasteiger partial charge in [-0.25, -0.2) is 0 Å². The lowest BCUT2D eigenvalue weighted by Crippen LogP contribution is -2.31. The molecule has 1 aromatic carbocycles. The molecular weight excluding hydrogens is 408 g/mol. The van der Waals surface area contributed by atoms with Crippen LogP contribution in [-0.4, -0.2) is 46.7 Å². The van der Waals surface area contributed by atoms with Crippen molar-refractivity contribution < 1.29 is 22.8 Å². The van der Waals surface area contributed by atoms with E-state index < -0.39 is 6.61 Å². The van der Waals surface area contributed by atoms with E-state index in [0.717, 1.165) is 25.9 Å². The Labute approximate surface area is 171 Å². The molecular formula is C18H20ClF2N5O3. The summed E-state index contributed by atoms with van der Waals surface area (Å²) < 4.78 is 41.7. The van der Waals surface area contributed by atoms with Crippen LogP contribution in [0, 0.1) is 0 Å². The molecule has 1 aliphatic rings. The molecule has 1 N–H and O–H groups in total. The first kappa shape index (κ1) is 21.0. The molecule has 3 heterocycles. The van der Waals surface area contributed by atoms with E-state index in [9.17, 15) is 8.78 Å². The lowest BCUT2D eigenvalue weighted by Gasteiger charge is -2.22. The van der Waals surface area contributed by atoms with Gasteiger partial charge in [0, 0.05) is 18.3 Å². The molecule has 8 nitrogen and oxygen atoms in total. The van der Waals surface area contributed by atoms with Crippen molar-refractivity contribution in [3.8, 4) is 34.5 Å². The second kappa shape index (κ2) is 9.19. The number of alkyl halides is 2. The first-order chi connectivity index (χ1) is 13.6. The van der Waals surface area contributed by atoms with Crippen LogP contribution in [0.4, 0.5) is 8.78 Å². The molecule has 1 aliphatic heterocycles. The molecule has 0 amide bonds. The molecule has 0 aliphatic carbocycles. The van der Waals surface area contributed by atoms with Gasteiger partial charge in [0.1, 0.15) is 0 Å². The molecule has 0 saturated carbocycles. The second-order valence-electron chi connectivity index (χ2n) is 6.35. The van der Waals surface area contributed by atoms with E-state index in [1.807, 2.05) is 16.9 Å². The van der Waals surface area contributed by atoms with Crippen molar-refractivity contribution in [1.29, 1.82) is 0 Å². The van der Waals surface area contributed by atoms with Gasteiger partial charge in [-0.15, -0.1) is 12.4 Å². The minimum Gasteiger partial charge on any atom is -0.493 e. The zero-order chi connectivity index (χ0) is 19.5. The molecule has 156 valence electrons. The molecule has 0 bridgehead atoms. The lowest BCUT2D eigenvalue weighted by atomic mass is 10.1. The highest BCUT2D eigenvalue weighted by Gasteiger charge is 2.19. The van der Waals surface area contributed by atoms with Crippen molar-refractivity contribution in [2.75, 3.05) is 20.2 Å². The monoisotopic (exact) mass is 427 g/mol. The maximum absolute atomic E-state index is 12.5. The summed E-state index contributed by atoms with van der Waals surface area (Å²) in [5.74, 6) is 0.665. The van der Waals surface area contributed by atoms with Crippen LogP contribution in [0.3, 0.4) is 0 Å². The first-order valence-electron chi connectivity index (χ1n) is 8.87. The number of methoxy groups -OCH3 is 1. The smallest absolute Gasteiger partial charge is 0.387 e. The van der Waals surface area contributed by atoms with Gasteiger partial charge in [-0.1, -0.05) is 5.16 Å². The number of hydrogen-bond donors (Lipinski definition) is 1. The van der Waals surface area contributed by atoms with Crippen LogP contribution in [0.15, 0.2) is 35.0 Å². The number of rotatable bonds is 6. The summed E-state index contributed by atoms with van der Waals surface area (Å²) in [6.45, 7) is -1.03. The first-order valence-corrected chi connectivity index (χ1v) is 8.87. The number of benzene rings is 1. The quantitative estimate of drug-likeness (QED) is 0.643. The van der Waals surface area contributed by atoms with Gasteiger partial charge in [-0.2, -0.15) is 18.9 Å². The van der Waals surface area contributed by atoms with Crippen molar-refractivity contribution in [2.45, 2.75) is 25.5 Å². The number of aromatic nitrogens is 4. The molecule has 11 heteroatoms. The maximum atomic E-state index is 12.5. The molecule has 29 heavy (non-hydrogen) atoms. The lowest BCUT2D eigenvalue weighted by molar-refractivity contribution is -0.0512. The summed E-state index contributed by atoms with van der Waals surface area (Å²) in [6.07, 6.45) is 4.07. The summed E-state index contributed by atoms with van der Waals surface area (Å²) in [6, 6.07) is 6.57. The van der Waals surface area contributed by atoms with Gasteiger partial charge in [0.25, 0.3) is 5.89 Å². The highest BCUT2D eigenvalue weighted by molar-refractivity contribution is 5.85. The topological polar surface area (TPSA) is 87.2 Å². The molecule has 0 radical (unpaired) electrons. The molecule has 0 spiro atoms. The van der Waals surface area contributed by atoms with Crippen LogP contribution < -0.4 is 14.8 Å². The SMILES string of the molecule is COc1cc(-c2noc(-c3ccn(C4CCCNC4)n3)n2)ccc1OC(F)F.Cl.